The van der Waals surface area contributed by atoms with E-state index in [2.05, 4.69) is 51.5 Å². The van der Waals surface area contributed by atoms with Crippen LogP contribution in [0.5, 0.6) is 0 Å². The summed E-state index contributed by atoms with van der Waals surface area (Å²) in [5, 5.41) is 3.55. The van der Waals surface area contributed by atoms with Crippen LogP contribution in [-0.2, 0) is 20.1 Å². The van der Waals surface area contributed by atoms with E-state index in [4.69, 9.17) is 2.74 Å². The third-order valence-corrected chi connectivity index (χ3v) is 10.3. The fourth-order valence-electron chi connectivity index (χ4n) is 4.00. The first-order valence-electron chi connectivity index (χ1n) is 13.0. The molecule has 0 aliphatic rings. The van der Waals surface area contributed by atoms with Gasteiger partial charge in [0.25, 0.3) is 0 Å². The van der Waals surface area contributed by atoms with Crippen molar-refractivity contribution in [1.82, 2.24) is 9.97 Å². The molecule has 2 heterocycles. The van der Waals surface area contributed by atoms with Crippen LogP contribution in [-0.4, -0.2) is 23.2 Å². The molecule has 0 amide bonds. The van der Waals surface area contributed by atoms with E-state index in [1.807, 2.05) is 85.1 Å². The molecule has 1 radical (unpaired) electrons. The smallest absolute Gasteiger partial charge is 0.0160 e. The van der Waals surface area contributed by atoms with Gasteiger partial charge in [0.1, 0.15) is 0 Å². The second kappa shape index (κ2) is 12.0. The Morgan fingerprint density at radius 3 is 2.16 bits per heavy atom. The molecule has 6 aromatic rings. The molecule has 6 rings (SSSR count). The molecule has 0 bridgehead atoms. The van der Waals surface area contributed by atoms with E-state index in [1.165, 1.54) is 4.40 Å². The average Bonchev–Trinajstić information content (AvgIpc) is 2.96. The number of aromatic nitrogens is 2. The maximum absolute atomic E-state index is 8.43. The summed E-state index contributed by atoms with van der Waals surface area (Å²) in [7, 11) is 0. The van der Waals surface area contributed by atoms with Gasteiger partial charge in [-0.1, -0.05) is 12.1 Å². The minimum absolute atomic E-state index is 0. The molecule has 2 nitrogen and oxygen atoms in total. The average molecular weight is 719 g/mol. The van der Waals surface area contributed by atoms with E-state index in [0.29, 0.717) is 0 Å². The van der Waals surface area contributed by atoms with Crippen molar-refractivity contribution in [3.8, 4) is 22.5 Å². The van der Waals surface area contributed by atoms with Gasteiger partial charge in [0.15, 0.2) is 0 Å². The van der Waals surface area contributed by atoms with Crippen LogP contribution < -0.4 is 4.40 Å². The Bertz CT molecular complexity index is 1660. The van der Waals surface area contributed by atoms with Gasteiger partial charge in [0, 0.05) is 26.3 Å². The van der Waals surface area contributed by atoms with Crippen molar-refractivity contribution in [2.45, 2.75) is 17.3 Å². The number of rotatable bonds is 3. The Hall–Kier alpha value is -3.11. The molecule has 185 valence electrons. The summed E-state index contributed by atoms with van der Waals surface area (Å²) >= 11 is -1.88. The van der Waals surface area contributed by atoms with Crippen molar-refractivity contribution in [3.05, 3.63) is 128 Å². The SMILES string of the molecule is [2H]c1c([2H])c2ccccc2c2c[c-]c(-c3cc[c]([Ge]([CH3])([CH3])[CH3])cn3)cc12.[Ir].[c-]1ccccc1-c1ccccn1. The van der Waals surface area contributed by atoms with E-state index < -0.39 is 13.3 Å². The van der Waals surface area contributed by atoms with Crippen LogP contribution >= 0.6 is 0 Å². The molecular formula is C33H28GeIrN2-2. The zero-order valence-corrected chi connectivity index (χ0v) is 25.5. The monoisotopic (exact) mass is 721 g/mol. The Kier molecular flexibility index (Phi) is 7.83. The van der Waals surface area contributed by atoms with E-state index in [0.717, 1.165) is 44.1 Å². The third-order valence-electron chi connectivity index (χ3n) is 6.06. The van der Waals surface area contributed by atoms with Gasteiger partial charge < -0.3 is 4.98 Å². The molecule has 0 unspecified atom stereocenters. The summed E-state index contributed by atoms with van der Waals surface area (Å²) in [6.45, 7) is 0. The van der Waals surface area contributed by atoms with E-state index >= 15 is 0 Å². The third kappa shape index (κ3) is 6.43. The minimum Gasteiger partial charge on any atom is -0.305 e. The first-order chi connectivity index (χ1) is 18.3. The largest absolute Gasteiger partial charge is 0.305 e. The van der Waals surface area contributed by atoms with Crippen LogP contribution in [0.4, 0.5) is 0 Å². The summed E-state index contributed by atoms with van der Waals surface area (Å²) < 4.78 is 18.1. The van der Waals surface area contributed by atoms with Gasteiger partial charge in [0.2, 0.25) is 0 Å². The van der Waals surface area contributed by atoms with Gasteiger partial charge >= 0.3 is 148 Å². The molecule has 0 N–H and O–H groups in total. The molecular weight excluding hydrogens is 689 g/mol. The summed E-state index contributed by atoms with van der Waals surface area (Å²) in [4.78, 5) is 8.86. The molecule has 0 atom stereocenters. The maximum atomic E-state index is 8.43. The van der Waals surface area contributed by atoms with Crippen LogP contribution in [0.3, 0.4) is 0 Å². The van der Waals surface area contributed by atoms with Crippen molar-refractivity contribution < 1.29 is 22.8 Å². The van der Waals surface area contributed by atoms with Crippen molar-refractivity contribution in [2.75, 3.05) is 0 Å². The van der Waals surface area contributed by atoms with Crippen molar-refractivity contribution in [1.29, 1.82) is 0 Å². The predicted octanol–water partition coefficient (Wildman–Crippen LogP) is 7.95. The number of hydrogen-bond donors (Lipinski definition) is 0. The van der Waals surface area contributed by atoms with E-state index in [9.17, 15) is 0 Å². The van der Waals surface area contributed by atoms with Crippen LogP contribution in [0.1, 0.15) is 2.74 Å². The van der Waals surface area contributed by atoms with Gasteiger partial charge in [-0.2, -0.15) is 0 Å². The molecule has 4 aromatic carbocycles. The van der Waals surface area contributed by atoms with E-state index in [1.54, 1.807) is 6.20 Å². The number of nitrogens with zero attached hydrogens (tertiary/aromatic N) is 2. The standard InChI is InChI=1S/C22H20GeN.C11H8N.Ir/c1-23(2,3)19-11-13-22(24-15-19)18-10-12-21-17(14-18)9-8-16-6-4-5-7-20(16)21;1-2-6-10(7-3-1)11-8-4-5-9-12-11;/h4-9,11-15H,1-3H3;1-6,8-9H;/q2*-1;/i8D,9D;;. The van der Waals surface area contributed by atoms with Gasteiger partial charge in [-0.25, -0.2) is 0 Å². The molecule has 37 heavy (non-hydrogen) atoms. The Morgan fingerprint density at radius 1 is 0.703 bits per heavy atom. The molecule has 2 aromatic heterocycles. The zero-order chi connectivity index (χ0) is 26.7. The maximum Gasteiger partial charge on any atom is 0.0160 e. The molecule has 4 heteroatoms. The normalized spacial score (nSPS) is 11.6. The first kappa shape index (κ1) is 24.2. The Balaban J connectivity index is 0.000000228. The Morgan fingerprint density at radius 2 is 1.46 bits per heavy atom. The first-order valence-corrected chi connectivity index (χ1v) is 19.4. The van der Waals surface area contributed by atoms with Gasteiger partial charge in [0.05, 0.1) is 0 Å². The number of benzene rings is 4. The second-order valence-electron chi connectivity index (χ2n) is 9.64. The van der Waals surface area contributed by atoms with Crippen LogP contribution in [0.15, 0.2) is 115 Å². The van der Waals surface area contributed by atoms with Crippen molar-refractivity contribution >= 4 is 39.2 Å². The Labute approximate surface area is 238 Å². The number of fused-ring (bicyclic) bond motifs is 3. The molecule has 0 saturated carbocycles. The summed E-state index contributed by atoms with van der Waals surface area (Å²) in [6.07, 6.45) is 3.78. The van der Waals surface area contributed by atoms with Gasteiger partial charge in [-0.15, -0.1) is 35.9 Å². The molecule has 0 aliphatic carbocycles. The zero-order valence-electron chi connectivity index (χ0n) is 23.0. The molecule has 0 fully saturated rings. The van der Waals surface area contributed by atoms with Crippen LogP contribution in [0.2, 0.25) is 17.3 Å². The number of hydrogen-bond acceptors (Lipinski definition) is 2. The number of pyridine rings is 2. The van der Waals surface area contributed by atoms with Crippen molar-refractivity contribution in [2.24, 2.45) is 0 Å². The topological polar surface area (TPSA) is 25.8 Å². The quantitative estimate of drug-likeness (QED) is 0.106. The van der Waals surface area contributed by atoms with Crippen molar-refractivity contribution in [3.63, 3.8) is 0 Å². The minimum atomic E-state index is -1.88. The summed E-state index contributed by atoms with van der Waals surface area (Å²) in [5.41, 5.74) is 3.74. The molecule has 0 spiro atoms. The van der Waals surface area contributed by atoms with Gasteiger partial charge in [-0.3, -0.25) is 0 Å². The van der Waals surface area contributed by atoms with Crippen LogP contribution in [0.25, 0.3) is 44.1 Å². The van der Waals surface area contributed by atoms with Crippen LogP contribution in [0, 0.1) is 12.1 Å². The summed E-state index contributed by atoms with van der Waals surface area (Å²) in [6, 6.07) is 36.6. The summed E-state index contributed by atoms with van der Waals surface area (Å²) in [5.74, 6) is 7.06. The second-order valence-corrected chi connectivity index (χ2v) is 20.3. The molecule has 0 aliphatic heterocycles. The van der Waals surface area contributed by atoms with E-state index in [-0.39, 0.29) is 32.2 Å². The predicted molar refractivity (Wildman–Crippen MR) is 155 cm³/mol. The fraction of sp³-hybridized carbons (Fsp3) is 0.0909. The fourth-order valence-corrected chi connectivity index (χ4v) is 6.17. The van der Waals surface area contributed by atoms with Gasteiger partial charge in [-0.05, 0) is 11.8 Å². The molecule has 0 saturated heterocycles.